The van der Waals surface area contributed by atoms with Gasteiger partial charge in [-0.1, -0.05) is 20.3 Å². The second-order valence-corrected chi connectivity index (χ2v) is 3.31. The van der Waals surface area contributed by atoms with E-state index < -0.39 is 0 Å². The van der Waals surface area contributed by atoms with Gasteiger partial charge in [-0.3, -0.25) is 0 Å². The molecule has 0 aliphatic rings. The van der Waals surface area contributed by atoms with Crippen molar-refractivity contribution in [3.05, 3.63) is 23.5 Å². The van der Waals surface area contributed by atoms with Crippen molar-refractivity contribution in [2.75, 3.05) is 0 Å². The molecule has 0 amide bonds. The second-order valence-electron chi connectivity index (χ2n) is 3.31. The highest BCUT2D eigenvalue weighted by atomic mass is 14.7. The smallest absolute Gasteiger partial charge is 0.0118 e. The van der Waals surface area contributed by atoms with E-state index in [0.29, 0.717) is 5.92 Å². The van der Waals surface area contributed by atoms with E-state index in [-0.39, 0.29) is 0 Å². The van der Waals surface area contributed by atoms with Crippen LogP contribution in [0.2, 0.25) is 0 Å². The largest absolute Gasteiger partial charge is 0.365 e. The highest BCUT2D eigenvalue weighted by Gasteiger charge is 2.04. The second kappa shape index (κ2) is 3.61. The van der Waals surface area contributed by atoms with Gasteiger partial charge in [0.25, 0.3) is 0 Å². The Bertz CT molecular complexity index is 212. The van der Waals surface area contributed by atoms with Crippen molar-refractivity contribution < 1.29 is 0 Å². The van der Waals surface area contributed by atoms with Crippen molar-refractivity contribution in [3.8, 4) is 0 Å². The zero-order valence-corrected chi connectivity index (χ0v) is 7.65. The Morgan fingerprint density at radius 1 is 1.55 bits per heavy atom. The Morgan fingerprint density at radius 2 is 2.27 bits per heavy atom. The van der Waals surface area contributed by atoms with Gasteiger partial charge in [0.05, 0.1) is 0 Å². The predicted octanol–water partition coefficient (Wildman–Crippen LogP) is 3.23. The van der Waals surface area contributed by atoms with Gasteiger partial charge < -0.3 is 4.98 Å². The maximum absolute atomic E-state index is 3.21. The first-order valence-corrected chi connectivity index (χ1v) is 4.39. The molecule has 0 aromatic carbocycles. The number of nitrogens with one attached hydrogen (secondary N) is 1. The fourth-order valence-corrected chi connectivity index (χ4v) is 1.41. The first-order chi connectivity index (χ1) is 5.24. The quantitative estimate of drug-likeness (QED) is 0.682. The molecule has 0 spiro atoms. The van der Waals surface area contributed by atoms with Gasteiger partial charge in [0, 0.05) is 11.9 Å². The maximum atomic E-state index is 3.21. The third kappa shape index (κ3) is 2.11. The highest BCUT2D eigenvalue weighted by molar-refractivity contribution is 5.19. The van der Waals surface area contributed by atoms with Crippen LogP contribution in [0.4, 0.5) is 0 Å². The first kappa shape index (κ1) is 8.38. The third-order valence-corrected chi connectivity index (χ3v) is 2.14. The molecule has 1 rings (SSSR count). The van der Waals surface area contributed by atoms with E-state index in [0.717, 1.165) is 0 Å². The normalized spacial score (nSPS) is 13.4. The summed E-state index contributed by atoms with van der Waals surface area (Å²) in [4.78, 5) is 3.21. The molecular weight excluding hydrogens is 134 g/mol. The first-order valence-electron chi connectivity index (χ1n) is 4.39. The van der Waals surface area contributed by atoms with Crippen molar-refractivity contribution in [2.24, 2.45) is 0 Å². The molecule has 0 aliphatic carbocycles. The van der Waals surface area contributed by atoms with Crippen molar-refractivity contribution in [2.45, 2.75) is 39.5 Å². The molecular formula is C10H17N. The molecule has 1 atom stereocenters. The van der Waals surface area contributed by atoms with E-state index in [1.54, 1.807) is 0 Å². The van der Waals surface area contributed by atoms with Gasteiger partial charge in [0.2, 0.25) is 0 Å². The molecule has 1 N–H and O–H groups in total. The molecule has 11 heavy (non-hydrogen) atoms. The van der Waals surface area contributed by atoms with Gasteiger partial charge in [-0.2, -0.15) is 0 Å². The fourth-order valence-electron chi connectivity index (χ4n) is 1.41. The van der Waals surface area contributed by atoms with E-state index in [1.165, 1.54) is 24.1 Å². The average Bonchev–Trinajstić information content (AvgIpc) is 2.36. The lowest BCUT2D eigenvalue weighted by molar-refractivity contribution is 0.665. The van der Waals surface area contributed by atoms with Crippen LogP contribution in [0.1, 0.15) is 43.9 Å². The zero-order chi connectivity index (χ0) is 8.27. The molecule has 0 saturated heterocycles. The Balaban J connectivity index is 2.60. The molecule has 1 unspecified atom stereocenters. The lowest BCUT2D eigenvalue weighted by Crippen LogP contribution is -1.89. The number of hydrogen-bond acceptors (Lipinski definition) is 0. The standard InChI is InChI=1S/C10H17N/c1-4-5-8(2)10-6-9(3)11-7-10/h6-8,11H,4-5H2,1-3H3. The minimum atomic E-state index is 0.713. The van der Waals surface area contributed by atoms with E-state index in [4.69, 9.17) is 0 Å². The number of aryl methyl sites for hydroxylation is 1. The van der Waals surface area contributed by atoms with Crippen molar-refractivity contribution in [1.82, 2.24) is 4.98 Å². The molecule has 1 nitrogen and oxygen atoms in total. The summed E-state index contributed by atoms with van der Waals surface area (Å²) in [5.41, 5.74) is 2.72. The summed E-state index contributed by atoms with van der Waals surface area (Å²) < 4.78 is 0. The Hall–Kier alpha value is -0.720. The van der Waals surface area contributed by atoms with Gasteiger partial charge in [-0.05, 0) is 30.9 Å². The molecule has 1 heterocycles. The van der Waals surface area contributed by atoms with Gasteiger partial charge >= 0.3 is 0 Å². The summed E-state index contributed by atoms with van der Waals surface area (Å²) in [5.74, 6) is 0.713. The van der Waals surface area contributed by atoms with Crippen LogP contribution >= 0.6 is 0 Å². The van der Waals surface area contributed by atoms with Crippen LogP contribution in [0.5, 0.6) is 0 Å². The molecule has 1 aromatic heterocycles. The highest BCUT2D eigenvalue weighted by Crippen LogP contribution is 2.20. The van der Waals surface area contributed by atoms with Crippen LogP contribution in [0, 0.1) is 6.92 Å². The monoisotopic (exact) mass is 151 g/mol. The number of aromatic nitrogens is 1. The van der Waals surface area contributed by atoms with Crippen molar-refractivity contribution >= 4 is 0 Å². The van der Waals surface area contributed by atoms with Crippen LogP contribution in [0.3, 0.4) is 0 Å². The van der Waals surface area contributed by atoms with Gasteiger partial charge in [0.1, 0.15) is 0 Å². The van der Waals surface area contributed by atoms with Crippen LogP contribution < -0.4 is 0 Å². The molecule has 0 bridgehead atoms. The van der Waals surface area contributed by atoms with Gasteiger partial charge in [-0.15, -0.1) is 0 Å². The van der Waals surface area contributed by atoms with Crippen LogP contribution in [0.25, 0.3) is 0 Å². The lowest BCUT2D eigenvalue weighted by atomic mass is 9.99. The minimum Gasteiger partial charge on any atom is -0.365 e. The Labute approximate surface area is 68.8 Å². The summed E-state index contributed by atoms with van der Waals surface area (Å²) in [6, 6.07) is 2.24. The Morgan fingerprint density at radius 3 is 2.73 bits per heavy atom. The van der Waals surface area contributed by atoms with Crippen molar-refractivity contribution in [1.29, 1.82) is 0 Å². The SMILES string of the molecule is CCCC(C)c1c[nH]c(C)c1. The van der Waals surface area contributed by atoms with Crippen molar-refractivity contribution in [3.63, 3.8) is 0 Å². The molecule has 1 aromatic rings. The van der Waals surface area contributed by atoms with E-state index >= 15 is 0 Å². The fraction of sp³-hybridized carbons (Fsp3) is 0.600. The summed E-state index contributed by atoms with van der Waals surface area (Å²) in [6.07, 6.45) is 4.68. The summed E-state index contributed by atoms with van der Waals surface area (Å²) in [6.45, 7) is 6.62. The van der Waals surface area contributed by atoms with E-state index in [9.17, 15) is 0 Å². The topological polar surface area (TPSA) is 15.8 Å². The molecule has 0 radical (unpaired) electrons. The average molecular weight is 151 g/mol. The molecule has 0 fully saturated rings. The summed E-state index contributed by atoms with van der Waals surface area (Å²) >= 11 is 0. The molecule has 1 heteroatoms. The van der Waals surface area contributed by atoms with Gasteiger partial charge in [0.15, 0.2) is 0 Å². The third-order valence-electron chi connectivity index (χ3n) is 2.14. The van der Waals surface area contributed by atoms with E-state index in [1.807, 2.05) is 0 Å². The number of hydrogen-bond donors (Lipinski definition) is 1. The maximum Gasteiger partial charge on any atom is 0.0118 e. The predicted molar refractivity (Wildman–Crippen MR) is 48.9 cm³/mol. The molecule has 62 valence electrons. The Kier molecular flexibility index (Phi) is 2.75. The van der Waals surface area contributed by atoms with Crippen LogP contribution in [0.15, 0.2) is 12.3 Å². The lowest BCUT2D eigenvalue weighted by Gasteiger charge is -2.05. The molecule has 0 aliphatic heterocycles. The summed E-state index contributed by atoms with van der Waals surface area (Å²) in [7, 11) is 0. The number of rotatable bonds is 3. The number of aromatic amines is 1. The number of H-pyrrole nitrogens is 1. The molecule has 0 saturated carbocycles. The van der Waals surface area contributed by atoms with Crippen LogP contribution in [-0.4, -0.2) is 4.98 Å². The minimum absolute atomic E-state index is 0.713. The van der Waals surface area contributed by atoms with Gasteiger partial charge in [-0.25, -0.2) is 0 Å². The van der Waals surface area contributed by atoms with Crippen LogP contribution in [-0.2, 0) is 0 Å². The van der Waals surface area contributed by atoms with E-state index in [2.05, 4.69) is 38.0 Å². The zero-order valence-electron chi connectivity index (χ0n) is 7.65. The summed E-state index contributed by atoms with van der Waals surface area (Å²) in [5, 5.41) is 0.